The van der Waals surface area contributed by atoms with Gasteiger partial charge in [-0.15, -0.1) is 0 Å². The number of rotatable bonds is 4. The van der Waals surface area contributed by atoms with E-state index in [9.17, 15) is 4.79 Å². The highest BCUT2D eigenvalue weighted by atomic mass is 35.5. The molecule has 0 saturated heterocycles. The van der Waals surface area contributed by atoms with Gasteiger partial charge in [-0.3, -0.25) is 4.79 Å². The molecule has 0 aliphatic rings. The van der Waals surface area contributed by atoms with Crippen LogP contribution in [0.3, 0.4) is 0 Å². The number of hydrogen-bond acceptors (Lipinski definition) is 2. The molecule has 0 saturated carbocycles. The summed E-state index contributed by atoms with van der Waals surface area (Å²) in [7, 11) is 0. The normalized spacial score (nSPS) is 10.9. The molecule has 84 valence electrons. The summed E-state index contributed by atoms with van der Waals surface area (Å²) in [5.74, 6) is 1.02. The number of halogens is 1. The first-order valence-electron chi connectivity index (χ1n) is 4.99. The minimum absolute atomic E-state index is 0.702. The molecule has 0 amide bonds. The topological polar surface area (TPSA) is 22.0 Å². The maximum absolute atomic E-state index is 10.9. The second-order valence-corrected chi connectivity index (χ2v) is 4.97. The number of nitrogens with zero attached hydrogens (tertiary/aromatic N) is 1. The van der Waals surface area contributed by atoms with Crippen LogP contribution in [0.4, 0.5) is 0 Å². The highest BCUT2D eigenvalue weighted by Crippen LogP contribution is 2.24. The van der Waals surface area contributed by atoms with Crippen molar-refractivity contribution >= 4 is 40.6 Å². The lowest BCUT2D eigenvalue weighted by Gasteiger charge is -2.03. The zero-order valence-electron chi connectivity index (χ0n) is 8.94. The van der Waals surface area contributed by atoms with E-state index in [1.807, 2.05) is 24.4 Å². The average molecular weight is 254 g/mol. The molecular formula is C12H12ClNOS. The van der Waals surface area contributed by atoms with Gasteiger partial charge in [0.2, 0.25) is 0 Å². The maximum atomic E-state index is 10.9. The van der Waals surface area contributed by atoms with E-state index in [1.165, 1.54) is 0 Å². The van der Waals surface area contributed by atoms with Crippen molar-refractivity contribution in [2.75, 3.05) is 12.0 Å². The van der Waals surface area contributed by atoms with Crippen LogP contribution in [0, 0.1) is 0 Å². The Bertz CT molecular complexity index is 521. The zero-order chi connectivity index (χ0) is 11.5. The highest BCUT2D eigenvalue weighted by Gasteiger charge is 2.07. The molecule has 0 radical (unpaired) electrons. The smallest absolute Gasteiger partial charge is 0.152 e. The predicted molar refractivity (Wildman–Crippen MR) is 70.7 cm³/mol. The monoisotopic (exact) mass is 253 g/mol. The van der Waals surface area contributed by atoms with Gasteiger partial charge in [0.25, 0.3) is 0 Å². The summed E-state index contributed by atoms with van der Waals surface area (Å²) in [5, 5.41) is 1.67. The van der Waals surface area contributed by atoms with Crippen molar-refractivity contribution in [2.45, 2.75) is 6.54 Å². The molecule has 0 aliphatic carbocycles. The molecule has 0 bridgehead atoms. The van der Waals surface area contributed by atoms with Crippen LogP contribution in [0.1, 0.15) is 10.4 Å². The van der Waals surface area contributed by atoms with E-state index in [0.717, 1.165) is 35.1 Å². The Labute approximate surface area is 104 Å². The molecule has 0 spiro atoms. The first kappa shape index (κ1) is 11.6. The molecule has 0 fully saturated rings. The number of hydrogen-bond donors (Lipinski definition) is 0. The molecule has 2 rings (SSSR count). The van der Waals surface area contributed by atoms with E-state index in [2.05, 4.69) is 10.8 Å². The van der Waals surface area contributed by atoms with E-state index < -0.39 is 0 Å². The minimum atomic E-state index is 0.702. The summed E-state index contributed by atoms with van der Waals surface area (Å²) in [5.41, 5.74) is 1.76. The quantitative estimate of drug-likeness (QED) is 0.779. The third kappa shape index (κ3) is 2.11. The van der Waals surface area contributed by atoms with E-state index in [4.69, 9.17) is 11.6 Å². The predicted octanol–water partition coefficient (Wildman–Crippen LogP) is 3.47. The fourth-order valence-electron chi connectivity index (χ4n) is 1.76. The van der Waals surface area contributed by atoms with Crippen molar-refractivity contribution in [1.29, 1.82) is 0 Å². The number of aromatic nitrogens is 1. The summed E-state index contributed by atoms with van der Waals surface area (Å²) in [6, 6.07) is 5.62. The van der Waals surface area contributed by atoms with Gasteiger partial charge in [0.05, 0.1) is 5.52 Å². The SMILES string of the molecule is CSCCn1cc(C=O)c2ccc(Cl)cc21. The van der Waals surface area contributed by atoms with Crippen molar-refractivity contribution in [3.05, 3.63) is 35.0 Å². The van der Waals surface area contributed by atoms with Crippen molar-refractivity contribution in [3.8, 4) is 0 Å². The molecule has 0 N–H and O–H groups in total. The summed E-state index contributed by atoms with van der Waals surface area (Å²) < 4.78 is 2.08. The van der Waals surface area contributed by atoms with Crippen LogP contribution >= 0.6 is 23.4 Å². The fraction of sp³-hybridized carbons (Fsp3) is 0.250. The molecule has 0 unspecified atom stereocenters. The largest absolute Gasteiger partial charge is 0.346 e. The maximum Gasteiger partial charge on any atom is 0.152 e. The molecule has 2 nitrogen and oxygen atoms in total. The van der Waals surface area contributed by atoms with Gasteiger partial charge >= 0.3 is 0 Å². The van der Waals surface area contributed by atoms with Crippen LogP contribution in [0.15, 0.2) is 24.4 Å². The summed E-state index contributed by atoms with van der Waals surface area (Å²) in [6.45, 7) is 0.895. The van der Waals surface area contributed by atoms with E-state index in [-0.39, 0.29) is 0 Å². The summed E-state index contributed by atoms with van der Waals surface area (Å²) in [6.07, 6.45) is 4.86. The highest BCUT2D eigenvalue weighted by molar-refractivity contribution is 7.98. The third-order valence-corrected chi connectivity index (χ3v) is 3.36. The van der Waals surface area contributed by atoms with Crippen molar-refractivity contribution in [2.24, 2.45) is 0 Å². The molecule has 4 heteroatoms. The average Bonchev–Trinajstić information content (AvgIpc) is 2.64. The Balaban J connectivity index is 2.55. The van der Waals surface area contributed by atoms with Gasteiger partial charge in [0.15, 0.2) is 6.29 Å². The lowest BCUT2D eigenvalue weighted by atomic mass is 10.2. The standard InChI is InChI=1S/C12H12ClNOS/c1-16-5-4-14-7-9(8-15)11-3-2-10(13)6-12(11)14/h2-3,6-8H,4-5H2,1H3. The molecule has 0 atom stereocenters. The van der Waals surface area contributed by atoms with E-state index in [0.29, 0.717) is 5.02 Å². The van der Waals surface area contributed by atoms with Crippen LogP contribution in [-0.2, 0) is 6.54 Å². The van der Waals surface area contributed by atoms with E-state index in [1.54, 1.807) is 11.8 Å². The van der Waals surface area contributed by atoms with Gasteiger partial charge < -0.3 is 4.57 Å². The second-order valence-electron chi connectivity index (χ2n) is 3.55. The molecular weight excluding hydrogens is 242 g/mol. The van der Waals surface area contributed by atoms with Crippen LogP contribution in [0.5, 0.6) is 0 Å². The Morgan fingerprint density at radius 3 is 3.00 bits per heavy atom. The molecule has 16 heavy (non-hydrogen) atoms. The minimum Gasteiger partial charge on any atom is -0.346 e. The van der Waals surface area contributed by atoms with E-state index >= 15 is 0 Å². The van der Waals surface area contributed by atoms with Gasteiger partial charge in [0, 0.05) is 34.5 Å². The summed E-state index contributed by atoms with van der Waals surface area (Å²) >= 11 is 7.75. The Kier molecular flexibility index (Phi) is 3.56. The van der Waals surface area contributed by atoms with Gasteiger partial charge in [0.1, 0.15) is 0 Å². The summed E-state index contributed by atoms with van der Waals surface area (Å²) in [4.78, 5) is 10.9. The lowest BCUT2D eigenvalue weighted by molar-refractivity contribution is 0.112. The van der Waals surface area contributed by atoms with Crippen LogP contribution < -0.4 is 0 Å². The number of fused-ring (bicyclic) bond motifs is 1. The van der Waals surface area contributed by atoms with Crippen molar-refractivity contribution in [1.82, 2.24) is 4.57 Å². The van der Waals surface area contributed by atoms with Gasteiger partial charge in [-0.1, -0.05) is 17.7 Å². The molecule has 0 aliphatic heterocycles. The first-order chi connectivity index (χ1) is 7.76. The third-order valence-electron chi connectivity index (χ3n) is 2.54. The Morgan fingerprint density at radius 1 is 1.50 bits per heavy atom. The number of carbonyl (C=O) groups is 1. The Hall–Kier alpha value is -0.930. The van der Waals surface area contributed by atoms with Gasteiger partial charge in [-0.05, 0) is 18.4 Å². The molecule has 1 aromatic heterocycles. The number of aryl methyl sites for hydroxylation is 1. The fourth-order valence-corrected chi connectivity index (χ4v) is 2.31. The zero-order valence-corrected chi connectivity index (χ0v) is 10.5. The number of aldehydes is 1. The van der Waals surface area contributed by atoms with Gasteiger partial charge in [-0.25, -0.2) is 0 Å². The molecule has 2 aromatic rings. The number of benzene rings is 1. The van der Waals surface area contributed by atoms with Crippen molar-refractivity contribution < 1.29 is 4.79 Å². The Morgan fingerprint density at radius 2 is 2.31 bits per heavy atom. The van der Waals surface area contributed by atoms with Crippen LogP contribution in [0.2, 0.25) is 5.02 Å². The number of thioether (sulfide) groups is 1. The molecule has 1 aromatic carbocycles. The van der Waals surface area contributed by atoms with Crippen molar-refractivity contribution in [3.63, 3.8) is 0 Å². The van der Waals surface area contributed by atoms with Crippen LogP contribution in [0.25, 0.3) is 10.9 Å². The van der Waals surface area contributed by atoms with Crippen LogP contribution in [-0.4, -0.2) is 22.9 Å². The first-order valence-corrected chi connectivity index (χ1v) is 6.76. The number of carbonyl (C=O) groups excluding carboxylic acids is 1. The second kappa shape index (κ2) is 4.93. The lowest BCUT2D eigenvalue weighted by Crippen LogP contribution is -1.97. The molecule has 1 heterocycles. The van der Waals surface area contributed by atoms with Gasteiger partial charge in [-0.2, -0.15) is 11.8 Å².